The maximum Gasteiger partial charge on any atom is 0.108 e. The van der Waals surface area contributed by atoms with E-state index in [2.05, 4.69) is 44.4 Å². The Bertz CT molecular complexity index is 424. The summed E-state index contributed by atoms with van der Waals surface area (Å²) >= 11 is 0. The third-order valence-corrected chi connectivity index (χ3v) is 6.70. The van der Waals surface area contributed by atoms with Crippen LogP contribution in [0.15, 0.2) is 0 Å². The lowest BCUT2D eigenvalue weighted by Crippen LogP contribution is -2.39. The summed E-state index contributed by atoms with van der Waals surface area (Å²) in [5.74, 6) is 8.27. The van der Waals surface area contributed by atoms with E-state index in [0.29, 0.717) is 18.6 Å². The summed E-state index contributed by atoms with van der Waals surface area (Å²) in [6, 6.07) is 0. The minimum absolute atomic E-state index is 0.425. The standard InChI is InChI=1S/C28H53NO/c1-5-9-11-13-18-27(17-12-10-6-2)25-29-22-20-28(21-23-29)30-24-14-19-26(15-7-3)16-8-4/h26-28H,5-13,15-18,20-25H2,1-4H3. The van der Waals surface area contributed by atoms with Crippen molar-refractivity contribution in [3.05, 3.63) is 0 Å². The van der Waals surface area contributed by atoms with Crippen molar-refractivity contribution in [2.75, 3.05) is 26.2 Å². The molecule has 0 spiro atoms. The fraction of sp³-hybridized carbons (Fsp3) is 0.929. The van der Waals surface area contributed by atoms with E-state index in [1.54, 1.807) is 0 Å². The first-order valence-corrected chi connectivity index (χ1v) is 13.6. The van der Waals surface area contributed by atoms with Crippen molar-refractivity contribution >= 4 is 0 Å². The molecule has 1 atom stereocenters. The molecule has 1 unspecified atom stereocenters. The predicted octanol–water partition coefficient (Wildman–Crippen LogP) is 7.85. The van der Waals surface area contributed by atoms with E-state index < -0.39 is 0 Å². The van der Waals surface area contributed by atoms with Gasteiger partial charge in [-0.25, -0.2) is 0 Å². The molecule has 2 heteroatoms. The molecule has 0 aromatic carbocycles. The van der Waals surface area contributed by atoms with Gasteiger partial charge in [-0.15, -0.1) is 0 Å². The second-order valence-corrected chi connectivity index (χ2v) is 9.62. The monoisotopic (exact) mass is 419 g/mol. The number of hydrogen-bond donors (Lipinski definition) is 0. The summed E-state index contributed by atoms with van der Waals surface area (Å²) in [5.41, 5.74) is 0. The van der Waals surface area contributed by atoms with Crippen LogP contribution in [0.1, 0.15) is 124 Å². The van der Waals surface area contributed by atoms with E-state index in [4.69, 9.17) is 4.74 Å². The van der Waals surface area contributed by atoms with Crippen LogP contribution < -0.4 is 0 Å². The van der Waals surface area contributed by atoms with Gasteiger partial charge >= 0.3 is 0 Å². The number of hydrogen-bond acceptors (Lipinski definition) is 2. The highest BCUT2D eigenvalue weighted by Gasteiger charge is 2.21. The van der Waals surface area contributed by atoms with Gasteiger partial charge in [-0.1, -0.05) is 97.3 Å². The maximum atomic E-state index is 6.11. The molecular weight excluding hydrogens is 366 g/mol. The molecule has 0 saturated carbocycles. The summed E-state index contributed by atoms with van der Waals surface area (Å²) in [6.07, 6.45) is 20.4. The normalized spacial score (nSPS) is 16.6. The third-order valence-electron chi connectivity index (χ3n) is 6.70. The van der Waals surface area contributed by atoms with Crippen LogP contribution in [-0.4, -0.2) is 37.2 Å². The van der Waals surface area contributed by atoms with Gasteiger partial charge in [0.05, 0.1) is 6.10 Å². The Morgan fingerprint density at radius 2 is 1.37 bits per heavy atom. The van der Waals surface area contributed by atoms with E-state index in [1.807, 2.05) is 0 Å². The molecule has 0 aromatic heterocycles. The van der Waals surface area contributed by atoms with Crippen LogP contribution in [0.2, 0.25) is 0 Å². The zero-order valence-electron chi connectivity index (χ0n) is 21.0. The number of unbranched alkanes of at least 4 members (excludes halogenated alkanes) is 5. The van der Waals surface area contributed by atoms with Gasteiger partial charge in [-0.3, -0.25) is 0 Å². The first-order chi connectivity index (χ1) is 14.7. The van der Waals surface area contributed by atoms with Gasteiger partial charge in [0, 0.05) is 25.6 Å². The second kappa shape index (κ2) is 19.2. The molecule has 0 aromatic rings. The molecule has 1 rings (SSSR count). The summed E-state index contributed by atoms with van der Waals surface area (Å²) in [7, 11) is 0. The molecule has 176 valence electrons. The molecule has 0 aliphatic carbocycles. The van der Waals surface area contributed by atoms with Crippen LogP contribution in [0.4, 0.5) is 0 Å². The van der Waals surface area contributed by atoms with Crippen molar-refractivity contribution < 1.29 is 4.74 Å². The van der Waals surface area contributed by atoms with E-state index in [1.165, 1.54) is 116 Å². The minimum Gasteiger partial charge on any atom is -0.365 e. The summed E-state index contributed by atoms with van der Waals surface area (Å²) in [6.45, 7) is 13.5. The van der Waals surface area contributed by atoms with Gasteiger partial charge in [0.1, 0.15) is 6.61 Å². The van der Waals surface area contributed by atoms with Gasteiger partial charge in [0.25, 0.3) is 0 Å². The summed E-state index contributed by atoms with van der Waals surface area (Å²) in [4.78, 5) is 2.72. The first-order valence-electron chi connectivity index (χ1n) is 13.6. The Balaban J connectivity index is 2.29. The fourth-order valence-electron chi connectivity index (χ4n) is 4.82. The van der Waals surface area contributed by atoms with Gasteiger partial charge in [0.2, 0.25) is 0 Å². The largest absolute Gasteiger partial charge is 0.365 e. The quantitative estimate of drug-likeness (QED) is 0.176. The van der Waals surface area contributed by atoms with Crippen molar-refractivity contribution in [3.8, 4) is 11.8 Å². The average molecular weight is 420 g/mol. The lowest BCUT2D eigenvalue weighted by atomic mass is 9.93. The van der Waals surface area contributed by atoms with E-state index in [9.17, 15) is 0 Å². The van der Waals surface area contributed by atoms with E-state index >= 15 is 0 Å². The number of rotatable bonds is 17. The summed E-state index contributed by atoms with van der Waals surface area (Å²) < 4.78 is 6.11. The minimum atomic E-state index is 0.425. The van der Waals surface area contributed by atoms with Crippen LogP contribution in [0.3, 0.4) is 0 Å². The van der Waals surface area contributed by atoms with Gasteiger partial charge in [0.15, 0.2) is 0 Å². The molecule has 0 radical (unpaired) electrons. The highest BCUT2D eigenvalue weighted by atomic mass is 16.5. The number of likely N-dealkylation sites (tertiary alicyclic amines) is 1. The average Bonchev–Trinajstić information content (AvgIpc) is 2.75. The molecule has 0 amide bonds. The number of piperidine rings is 1. The Hall–Kier alpha value is -0.520. The Morgan fingerprint density at radius 3 is 1.97 bits per heavy atom. The number of ether oxygens (including phenoxy) is 1. The van der Waals surface area contributed by atoms with E-state index in [0.717, 1.165) is 5.92 Å². The van der Waals surface area contributed by atoms with Gasteiger partial charge in [-0.2, -0.15) is 0 Å². The van der Waals surface area contributed by atoms with Crippen molar-refractivity contribution in [2.24, 2.45) is 11.8 Å². The van der Waals surface area contributed by atoms with Crippen molar-refractivity contribution in [3.63, 3.8) is 0 Å². The zero-order valence-corrected chi connectivity index (χ0v) is 21.0. The van der Waals surface area contributed by atoms with Gasteiger partial charge < -0.3 is 9.64 Å². The molecule has 1 heterocycles. The maximum absolute atomic E-state index is 6.11. The highest BCUT2D eigenvalue weighted by molar-refractivity contribution is 5.04. The smallest absolute Gasteiger partial charge is 0.108 e. The predicted molar refractivity (Wildman–Crippen MR) is 133 cm³/mol. The molecule has 1 aliphatic rings. The molecule has 30 heavy (non-hydrogen) atoms. The van der Waals surface area contributed by atoms with Crippen LogP contribution in [0, 0.1) is 23.7 Å². The van der Waals surface area contributed by atoms with Crippen LogP contribution >= 0.6 is 0 Å². The molecule has 0 bridgehead atoms. The van der Waals surface area contributed by atoms with Crippen molar-refractivity contribution in [1.29, 1.82) is 0 Å². The topological polar surface area (TPSA) is 12.5 Å². The number of nitrogens with zero attached hydrogens (tertiary/aromatic N) is 1. The molecule has 2 nitrogen and oxygen atoms in total. The molecule has 1 saturated heterocycles. The zero-order chi connectivity index (χ0) is 21.9. The van der Waals surface area contributed by atoms with E-state index in [-0.39, 0.29) is 0 Å². The molecular formula is C28H53NO. The third kappa shape index (κ3) is 13.7. The van der Waals surface area contributed by atoms with Crippen LogP contribution in [-0.2, 0) is 4.74 Å². The molecule has 0 N–H and O–H groups in total. The Kier molecular flexibility index (Phi) is 17.6. The molecule has 1 fully saturated rings. The fourth-order valence-corrected chi connectivity index (χ4v) is 4.82. The SMILES string of the molecule is CCCCCCC(CCCCC)CN1CCC(OCC#CC(CCC)CCC)CC1. The highest BCUT2D eigenvalue weighted by Crippen LogP contribution is 2.22. The summed E-state index contributed by atoms with van der Waals surface area (Å²) in [5, 5.41) is 0. The second-order valence-electron chi connectivity index (χ2n) is 9.62. The van der Waals surface area contributed by atoms with Crippen LogP contribution in [0.25, 0.3) is 0 Å². The Morgan fingerprint density at radius 1 is 0.767 bits per heavy atom. The Labute approximate surface area is 189 Å². The van der Waals surface area contributed by atoms with Crippen molar-refractivity contribution in [1.82, 2.24) is 4.90 Å². The first kappa shape index (κ1) is 27.5. The van der Waals surface area contributed by atoms with Crippen molar-refractivity contribution in [2.45, 2.75) is 130 Å². The molecule has 1 aliphatic heterocycles. The lowest BCUT2D eigenvalue weighted by molar-refractivity contribution is 0.0199. The van der Waals surface area contributed by atoms with Gasteiger partial charge in [-0.05, 0) is 44.4 Å². The van der Waals surface area contributed by atoms with Crippen LogP contribution in [0.5, 0.6) is 0 Å². The lowest BCUT2D eigenvalue weighted by Gasteiger charge is -2.34.